The number of benzene rings is 1. The fraction of sp³-hybridized carbons (Fsp3) is 0.562. The number of nitrogens with one attached hydrogen (secondary N) is 2. The Balaban J connectivity index is 1.98. The number of rotatable bonds is 7. The van der Waals surface area contributed by atoms with E-state index in [0.717, 1.165) is 24.9 Å². The molecule has 1 heterocycles. The van der Waals surface area contributed by atoms with Crippen LogP contribution in [0.5, 0.6) is 17.2 Å². The van der Waals surface area contributed by atoms with Gasteiger partial charge in [0.2, 0.25) is 11.7 Å². The van der Waals surface area contributed by atoms with Gasteiger partial charge < -0.3 is 24.8 Å². The molecule has 122 valence electrons. The third-order valence-electron chi connectivity index (χ3n) is 3.81. The van der Waals surface area contributed by atoms with Crippen molar-refractivity contribution in [3.63, 3.8) is 0 Å². The molecular formula is C16H24N2O4. The van der Waals surface area contributed by atoms with Crippen molar-refractivity contribution in [1.29, 1.82) is 0 Å². The molecule has 2 N–H and O–H groups in total. The van der Waals surface area contributed by atoms with Crippen molar-refractivity contribution in [3.8, 4) is 17.2 Å². The van der Waals surface area contributed by atoms with Crippen molar-refractivity contribution in [1.82, 2.24) is 10.6 Å². The molecule has 1 saturated heterocycles. The lowest BCUT2D eigenvalue weighted by atomic mass is 10.1. The van der Waals surface area contributed by atoms with Gasteiger partial charge in [-0.2, -0.15) is 0 Å². The highest BCUT2D eigenvalue weighted by Crippen LogP contribution is 2.38. The van der Waals surface area contributed by atoms with Gasteiger partial charge in [0.15, 0.2) is 11.5 Å². The molecule has 1 atom stereocenters. The van der Waals surface area contributed by atoms with Gasteiger partial charge >= 0.3 is 0 Å². The monoisotopic (exact) mass is 308 g/mol. The Morgan fingerprint density at radius 2 is 1.91 bits per heavy atom. The van der Waals surface area contributed by atoms with E-state index in [9.17, 15) is 4.79 Å². The number of hydrogen-bond acceptors (Lipinski definition) is 5. The molecule has 1 aromatic carbocycles. The van der Waals surface area contributed by atoms with Gasteiger partial charge in [-0.05, 0) is 37.1 Å². The standard InChI is InChI=1S/C16H24N2O4/c1-20-13-7-11(8-14(21-2)16(13)22-3)10-18-15(19)9-12-5-4-6-17-12/h7-8,12,17H,4-6,9-10H2,1-3H3,(H,18,19). The molecule has 1 unspecified atom stereocenters. The van der Waals surface area contributed by atoms with E-state index in [1.165, 1.54) is 0 Å². The number of carbonyl (C=O) groups is 1. The fourth-order valence-corrected chi connectivity index (χ4v) is 2.66. The molecular weight excluding hydrogens is 284 g/mol. The zero-order valence-electron chi connectivity index (χ0n) is 13.4. The molecule has 0 bridgehead atoms. The van der Waals surface area contributed by atoms with Gasteiger partial charge in [0.05, 0.1) is 21.3 Å². The Hall–Kier alpha value is -1.95. The first-order chi connectivity index (χ1) is 10.7. The van der Waals surface area contributed by atoms with Gasteiger partial charge in [0.25, 0.3) is 0 Å². The lowest BCUT2D eigenvalue weighted by Gasteiger charge is -2.15. The molecule has 0 aromatic heterocycles. The minimum Gasteiger partial charge on any atom is -0.493 e. The summed E-state index contributed by atoms with van der Waals surface area (Å²) in [5.74, 6) is 1.77. The van der Waals surface area contributed by atoms with E-state index in [1.54, 1.807) is 21.3 Å². The van der Waals surface area contributed by atoms with Gasteiger partial charge in [-0.1, -0.05) is 0 Å². The Bertz CT molecular complexity index is 488. The van der Waals surface area contributed by atoms with E-state index in [1.807, 2.05) is 12.1 Å². The Morgan fingerprint density at radius 3 is 2.41 bits per heavy atom. The molecule has 0 radical (unpaired) electrons. The topological polar surface area (TPSA) is 68.8 Å². The summed E-state index contributed by atoms with van der Waals surface area (Å²) in [6.45, 7) is 1.44. The van der Waals surface area contributed by atoms with Crippen LogP contribution in [0.25, 0.3) is 0 Å². The van der Waals surface area contributed by atoms with Crippen molar-refractivity contribution >= 4 is 5.91 Å². The van der Waals surface area contributed by atoms with E-state index >= 15 is 0 Å². The van der Waals surface area contributed by atoms with Crippen molar-refractivity contribution in [3.05, 3.63) is 17.7 Å². The normalized spacial score (nSPS) is 17.1. The van der Waals surface area contributed by atoms with Crippen LogP contribution in [-0.2, 0) is 11.3 Å². The van der Waals surface area contributed by atoms with Crippen LogP contribution < -0.4 is 24.8 Å². The van der Waals surface area contributed by atoms with Crippen LogP contribution in [0.1, 0.15) is 24.8 Å². The largest absolute Gasteiger partial charge is 0.493 e. The van der Waals surface area contributed by atoms with Gasteiger partial charge in [-0.15, -0.1) is 0 Å². The molecule has 1 aliphatic heterocycles. The number of hydrogen-bond donors (Lipinski definition) is 2. The SMILES string of the molecule is COc1cc(CNC(=O)CC2CCCN2)cc(OC)c1OC. The first-order valence-corrected chi connectivity index (χ1v) is 7.47. The number of methoxy groups -OCH3 is 3. The zero-order valence-corrected chi connectivity index (χ0v) is 13.4. The molecule has 2 rings (SSSR count). The molecule has 6 heteroatoms. The Kier molecular flexibility index (Phi) is 5.89. The summed E-state index contributed by atoms with van der Waals surface area (Å²) in [6.07, 6.45) is 2.73. The maximum absolute atomic E-state index is 12.0. The van der Waals surface area contributed by atoms with E-state index in [4.69, 9.17) is 14.2 Å². The molecule has 1 aliphatic rings. The molecule has 1 aromatic rings. The summed E-state index contributed by atoms with van der Waals surface area (Å²) in [7, 11) is 4.72. The smallest absolute Gasteiger partial charge is 0.221 e. The molecule has 1 amide bonds. The molecule has 0 spiro atoms. The molecule has 6 nitrogen and oxygen atoms in total. The summed E-state index contributed by atoms with van der Waals surface area (Å²) in [6, 6.07) is 3.99. The predicted octanol–water partition coefficient (Wildman–Crippen LogP) is 1.47. The van der Waals surface area contributed by atoms with Crippen LogP contribution in [0.2, 0.25) is 0 Å². The first kappa shape index (κ1) is 16.4. The van der Waals surface area contributed by atoms with Crippen LogP contribution in [0.3, 0.4) is 0 Å². The van der Waals surface area contributed by atoms with Crippen LogP contribution in [0.15, 0.2) is 12.1 Å². The van der Waals surface area contributed by atoms with E-state index in [2.05, 4.69) is 10.6 Å². The lowest BCUT2D eigenvalue weighted by Crippen LogP contribution is -2.31. The van der Waals surface area contributed by atoms with Crippen molar-refractivity contribution in [2.75, 3.05) is 27.9 Å². The second-order valence-corrected chi connectivity index (χ2v) is 5.31. The van der Waals surface area contributed by atoms with E-state index < -0.39 is 0 Å². The van der Waals surface area contributed by atoms with E-state index in [-0.39, 0.29) is 5.91 Å². The summed E-state index contributed by atoms with van der Waals surface area (Å²) in [4.78, 5) is 12.0. The van der Waals surface area contributed by atoms with Gasteiger partial charge in [0.1, 0.15) is 0 Å². The lowest BCUT2D eigenvalue weighted by molar-refractivity contribution is -0.121. The quantitative estimate of drug-likeness (QED) is 0.798. The van der Waals surface area contributed by atoms with Gasteiger partial charge in [-0.3, -0.25) is 4.79 Å². The number of amides is 1. The van der Waals surface area contributed by atoms with Crippen molar-refractivity contribution in [2.45, 2.75) is 31.8 Å². The maximum atomic E-state index is 12.0. The van der Waals surface area contributed by atoms with Gasteiger partial charge in [0, 0.05) is 19.0 Å². The minimum atomic E-state index is 0.0492. The Morgan fingerprint density at radius 1 is 1.23 bits per heavy atom. The number of carbonyl (C=O) groups excluding carboxylic acids is 1. The average molecular weight is 308 g/mol. The van der Waals surface area contributed by atoms with Crippen LogP contribution in [0, 0.1) is 0 Å². The van der Waals surface area contributed by atoms with Crippen molar-refractivity contribution < 1.29 is 19.0 Å². The summed E-state index contributed by atoms with van der Waals surface area (Å²) >= 11 is 0. The highest BCUT2D eigenvalue weighted by molar-refractivity contribution is 5.76. The molecule has 1 fully saturated rings. The third kappa shape index (κ3) is 4.04. The van der Waals surface area contributed by atoms with Crippen molar-refractivity contribution in [2.24, 2.45) is 0 Å². The molecule has 22 heavy (non-hydrogen) atoms. The van der Waals surface area contributed by atoms with Gasteiger partial charge in [-0.25, -0.2) is 0 Å². The second kappa shape index (κ2) is 7.89. The average Bonchev–Trinajstić information content (AvgIpc) is 3.04. The van der Waals surface area contributed by atoms with Crippen LogP contribution in [0.4, 0.5) is 0 Å². The summed E-state index contributed by atoms with van der Waals surface area (Å²) < 4.78 is 15.9. The first-order valence-electron chi connectivity index (χ1n) is 7.47. The summed E-state index contributed by atoms with van der Waals surface area (Å²) in [5.41, 5.74) is 0.905. The minimum absolute atomic E-state index is 0.0492. The highest BCUT2D eigenvalue weighted by Gasteiger charge is 2.18. The third-order valence-corrected chi connectivity index (χ3v) is 3.81. The van der Waals surface area contributed by atoms with E-state index in [0.29, 0.717) is 36.3 Å². The highest BCUT2D eigenvalue weighted by atomic mass is 16.5. The maximum Gasteiger partial charge on any atom is 0.221 e. The number of ether oxygens (including phenoxy) is 3. The summed E-state index contributed by atoms with van der Waals surface area (Å²) in [5, 5.41) is 6.25. The molecule has 0 aliphatic carbocycles. The van der Waals surface area contributed by atoms with Crippen LogP contribution in [-0.4, -0.2) is 39.8 Å². The Labute approximate surface area is 131 Å². The fourth-order valence-electron chi connectivity index (χ4n) is 2.66. The molecule has 0 saturated carbocycles. The zero-order chi connectivity index (χ0) is 15.9. The van der Waals surface area contributed by atoms with Crippen LogP contribution >= 0.6 is 0 Å². The second-order valence-electron chi connectivity index (χ2n) is 5.31. The predicted molar refractivity (Wildman–Crippen MR) is 83.6 cm³/mol.